The highest BCUT2D eigenvalue weighted by Crippen LogP contribution is 2.23. The molecule has 0 aliphatic rings. The summed E-state index contributed by atoms with van der Waals surface area (Å²) in [5, 5.41) is 12.5. The van der Waals surface area contributed by atoms with Gasteiger partial charge in [0.2, 0.25) is 0 Å². The van der Waals surface area contributed by atoms with E-state index in [1.807, 2.05) is 49.4 Å². The molecule has 0 saturated heterocycles. The Bertz CT molecular complexity index is 626. The van der Waals surface area contributed by atoms with Crippen LogP contribution in [0.1, 0.15) is 29.7 Å². The molecule has 2 aromatic carbocycles. The van der Waals surface area contributed by atoms with Crippen molar-refractivity contribution in [3.05, 3.63) is 59.2 Å². The number of nitriles is 1. The van der Waals surface area contributed by atoms with Crippen molar-refractivity contribution in [3.8, 4) is 6.07 Å². The van der Waals surface area contributed by atoms with E-state index in [-0.39, 0.29) is 6.04 Å². The highest BCUT2D eigenvalue weighted by molar-refractivity contribution is 5.59. The Kier molecular flexibility index (Phi) is 3.72. The summed E-state index contributed by atoms with van der Waals surface area (Å²) in [6.45, 7) is 4.03. The van der Waals surface area contributed by atoms with Crippen LogP contribution in [-0.4, -0.2) is 0 Å². The maximum Gasteiger partial charge on any atom is 0.101 e. The van der Waals surface area contributed by atoms with Gasteiger partial charge >= 0.3 is 0 Å². The second kappa shape index (κ2) is 5.45. The van der Waals surface area contributed by atoms with Gasteiger partial charge in [-0.3, -0.25) is 0 Å². The second-order valence-electron chi connectivity index (χ2n) is 4.70. The largest absolute Gasteiger partial charge is 0.399 e. The Morgan fingerprint density at radius 1 is 1.21 bits per heavy atom. The van der Waals surface area contributed by atoms with Gasteiger partial charge in [0, 0.05) is 11.7 Å². The van der Waals surface area contributed by atoms with E-state index in [1.54, 1.807) is 0 Å². The molecule has 3 heteroatoms. The van der Waals surface area contributed by atoms with Crippen LogP contribution in [0, 0.1) is 18.3 Å². The first kappa shape index (κ1) is 13.0. The molecule has 3 N–H and O–H groups in total. The first-order valence-corrected chi connectivity index (χ1v) is 6.23. The normalized spacial score (nSPS) is 11.6. The summed E-state index contributed by atoms with van der Waals surface area (Å²) in [6, 6.07) is 15.9. The SMILES string of the molecule is Cc1ccc(NC(C)c2cccc(N)c2)c(C#N)c1. The molecule has 2 rings (SSSR count). The summed E-state index contributed by atoms with van der Waals surface area (Å²) >= 11 is 0. The topological polar surface area (TPSA) is 61.8 Å². The Balaban J connectivity index is 2.24. The number of nitrogens with one attached hydrogen (secondary N) is 1. The molecule has 0 heterocycles. The third-order valence-corrected chi connectivity index (χ3v) is 3.08. The summed E-state index contributed by atoms with van der Waals surface area (Å²) in [5.74, 6) is 0. The molecule has 0 saturated carbocycles. The van der Waals surface area contributed by atoms with Crippen LogP contribution in [0.15, 0.2) is 42.5 Å². The minimum absolute atomic E-state index is 0.0957. The standard InChI is InChI=1S/C16H17N3/c1-11-6-7-16(14(8-11)10-17)19-12(2)13-4-3-5-15(18)9-13/h3-9,12,19H,18H2,1-2H3. The van der Waals surface area contributed by atoms with Crippen LogP contribution in [0.25, 0.3) is 0 Å². The van der Waals surface area contributed by atoms with Crippen LogP contribution in [0.4, 0.5) is 11.4 Å². The molecule has 1 unspecified atom stereocenters. The van der Waals surface area contributed by atoms with Crippen LogP contribution in [0.3, 0.4) is 0 Å². The molecule has 0 radical (unpaired) electrons. The van der Waals surface area contributed by atoms with Crippen LogP contribution in [-0.2, 0) is 0 Å². The Labute approximate surface area is 113 Å². The van der Waals surface area contributed by atoms with Crippen molar-refractivity contribution in [2.75, 3.05) is 11.1 Å². The summed E-state index contributed by atoms with van der Waals surface area (Å²) < 4.78 is 0. The minimum Gasteiger partial charge on any atom is -0.399 e. The van der Waals surface area contributed by atoms with Crippen molar-refractivity contribution >= 4 is 11.4 Å². The monoisotopic (exact) mass is 251 g/mol. The molecule has 3 nitrogen and oxygen atoms in total. The lowest BCUT2D eigenvalue weighted by Gasteiger charge is -2.17. The van der Waals surface area contributed by atoms with Gasteiger partial charge in [-0.2, -0.15) is 5.26 Å². The minimum atomic E-state index is 0.0957. The molecule has 0 spiro atoms. The van der Waals surface area contributed by atoms with Crippen molar-refractivity contribution in [2.24, 2.45) is 0 Å². The number of nitrogens with two attached hydrogens (primary N) is 1. The van der Waals surface area contributed by atoms with E-state index in [0.717, 1.165) is 22.5 Å². The Morgan fingerprint density at radius 3 is 2.68 bits per heavy atom. The zero-order valence-corrected chi connectivity index (χ0v) is 11.1. The van der Waals surface area contributed by atoms with Gasteiger partial charge in [0.25, 0.3) is 0 Å². The number of benzene rings is 2. The van der Waals surface area contributed by atoms with Gasteiger partial charge in [-0.25, -0.2) is 0 Å². The van der Waals surface area contributed by atoms with E-state index in [4.69, 9.17) is 11.0 Å². The van der Waals surface area contributed by atoms with Crippen molar-refractivity contribution in [2.45, 2.75) is 19.9 Å². The predicted octanol–water partition coefficient (Wildman–Crippen LogP) is 3.62. The summed E-state index contributed by atoms with van der Waals surface area (Å²) in [7, 11) is 0. The van der Waals surface area contributed by atoms with Crippen LogP contribution in [0.5, 0.6) is 0 Å². The van der Waals surface area contributed by atoms with Crippen LogP contribution < -0.4 is 11.1 Å². The van der Waals surface area contributed by atoms with E-state index in [9.17, 15) is 0 Å². The predicted molar refractivity (Wildman–Crippen MR) is 78.8 cm³/mol. The number of hydrogen-bond donors (Lipinski definition) is 2. The third kappa shape index (κ3) is 3.05. The van der Waals surface area contributed by atoms with E-state index >= 15 is 0 Å². The molecule has 96 valence electrons. The molecular weight excluding hydrogens is 234 g/mol. The van der Waals surface area contributed by atoms with E-state index in [0.29, 0.717) is 5.56 Å². The Hall–Kier alpha value is -2.47. The highest BCUT2D eigenvalue weighted by Gasteiger charge is 2.08. The first-order chi connectivity index (χ1) is 9.10. The van der Waals surface area contributed by atoms with Gasteiger partial charge in [0.1, 0.15) is 6.07 Å². The smallest absolute Gasteiger partial charge is 0.101 e. The van der Waals surface area contributed by atoms with Gasteiger partial charge in [-0.1, -0.05) is 18.2 Å². The number of aryl methyl sites for hydroxylation is 1. The Morgan fingerprint density at radius 2 is 2.00 bits per heavy atom. The highest BCUT2D eigenvalue weighted by atomic mass is 14.9. The van der Waals surface area contributed by atoms with Gasteiger partial charge in [0.15, 0.2) is 0 Å². The molecule has 0 amide bonds. The van der Waals surface area contributed by atoms with Crippen LogP contribution >= 0.6 is 0 Å². The lowest BCUT2D eigenvalue weighted by atomic mass is 10.1. The third-order valence-electron chi connectivity index (χ3n) is 3.08. The molecule has 0 aliphatic carbocycles. The number of nitrogens with zero attached hydrogens (tertiary/aromatic N) is 1. The lowest BCUT2D eigenvalue weighted by molar-refractivity contribution is 0.884. The van der Waals surface area contributed by atoms with Crippen molar-refractivity contribution in [1.29, 1.82) is 5.26 Å². The van der Waals surface area contributed by atoms with Gasteiger partial charge in [-0.05, 0) is 49.2 Å². The molecule has 0 aromatic heterocycles. The van der Waals surface area contributed by atoms with Crippen molar-refractivity contribution < 1.29 is 0 Å². The molecule has 19 heavy (non-hydrogen) atoms. The first-order valence-electron chi connectivity index (χ1n) is 6.23. The number of nitrogen functional groups attached to an aromatic ring is 1. The average Bonchev–Trinajstić information content (AvgIpc) is 2.40. The van der Waals surface area contributed by atoms with Gasteiger partial charge in [0.05, 0.1) is 11.3 Å². The summed E-state index contributed by atoms with van der Waals surface area (Å²) in [4.78, 5) is 0. The molecule has 0 bridgehead atoms. The van der Waals surface area contributed by atoms with E-state index in [1.165, 1.54) is 0 Å². The molecule has 1 atom stereocenters. The molecule has 0 fully saturated rings. The fourth-order valence-corrected chi connectivity index (χ4v) is 2.02. The number of rotatable bonds is 3. The summed E-state index contributed by atoms with van der Waals surface area (Å²) in [5.41, 5.74) is 10.2. The maximum atomic E-state index is 9.16. The maximum absolute atomic E-state index is 9.16. The van der Waals surface area contributed by atoms with E-state index < -0.39 is 0 Å². The van der Waals surface area contributed by atoms with E-state index in [2.05, 4.69) is 18.3 Å². The number of anilines is 2. The van der Waals surface area contributed by atoms with Crippen molar-refractivity contribution in [1.82, 2.24) is 0 Å². The second-order valence-corrected chi connectivity index (χ2v) is 4.70. The van der Waals surface area contributed by atoms with Gasteiger partial charge < -0.3 is 11.1 Å². The van der Waals surface area contributed by atoms with Gasteiger partial charge in [-0.15, -0.1) is 0 Å². The zero-order valence-electron chi connectivity index (χ0n) is 11.1. The lowest BCUT2D eigenvalue weighted by Crippen LogP contribution is -2.08. The number of hydrogen-bond acceptors (Lipinski definition) is 3. The fourth-order valence-electron chi connectivity index (χ4n) is 2.02. The van der Waals surface area contributed by atoms with Crippen molar-refractivity contribution in [3.63, 3.8) is 0 Å². The zero-order chi connectivity index (χ0) is 13.8. The molecule has 2 aromatic rings. The molecule has 0 aliphatic heterocycles. The van der Waals surface area contributed by atoms with Crippen LogP contribution in [0.2, 0.25) is 0 Å². The fraction of sp³-hybridized carbons (Fsp3) is 0.188. The molecular formula is C16H17N3. The quantitative estimate of drug-likeness (QED) is 0.819. The summed E-state index contributed by atoms with van der Waals surface area (Å²) in [6.07, 6.45) is 0. The average molecular weight is 251 g/mol.